The Morgan fingerprint density at radius 1 is 1.08 bits per heavy atom. The number of imidazole rings is 1. The number of nitrogen functional groups attached to an aromatic ring is 1. The van der Waals surface area contributed by atoms with Crippen molar-refractivity contribution in [1.82, 2.24) is 19.4 Å². The first kappa shape index (κ1) is 14.6. The summed E-state index contributed by atoms with van der Waals surface area (Å²) in [6.45, 7) is 6.43. The van der Waals surface area contributed by atoms with E-state index in [1.807, 2.05) is 35.1 Å². The van der Waals surface area contributed by atoms with Gasteiger partial charge in [-0.15, -0.1) is 0 Å². The summed E-state index contributed by atoms with van der Waals surface area (Å²) in [4.78, 5) is 13.6. The maximum absolute atomic E-state index is 6.20. The molecule has 0 fully saturated rings. The Bertz CT molecular complexity index is 1050. The number of nitrogens with zero attached hydrogens (tertiary/aromatic N) is 4. The average Bonchev–Trinajstić information content (AvgIpc) is 2.95. The highest BCUT2D eigenvalue weighted by molar-refractivity contribution is 6.00. The molecule has 0 radical (unpaired) electrons. The molecule has 0 amide bonds. The minimum absolute atomic E-state index is 0.118. The number of anilines is 1. The fourth-order valence-electron chi connectivity index (χ4n) is 3.09. The van der Waals surface area contributed by atoms with Crippen LogP contribution in [0.25, 0.3) is 27.5 Å². The summed E-state index contributed by atoms with van der Waals surface area (Å²) in [5, 5.41) is 2.19. The van der Waals surface area contributed by atoms with E-state index < -0.39 is 0 Å². The molecule has 0 unspecified atom stereocenters. The van der Waals surface area contributed by atoms with Gasteiger partial charge in [0.25, 0.3) is 0 Å². The van der Waals surface area contributed by atoms with Crippen molar-refractivity contribution >= 4 is 22.1 Å². The van der Waals surface area contributed by atoms with E-state index in [2.05, 4.69) is 42.9 Å². The molecule has 3 aromatic heterocycles. The quantitative estimate of drug-likeness (QED) is 0.579. The zero-order valence-corrected chi connectivity index (χ0v) is 14.0. The molecule has 2 N–H and O–H groups in total. The minimum atomic E-state index is -0.118. The predicted molar refractivity (Wildman–Crippen MR) is 96.8 cm³/mol. The van der Waals surface area contributed by atoms with Gasteiger partial charge in [0.1, 0.15) is 22.9 Å². The summed E-state index contributed by atoms with van der Waals surface area (Å²) in [5.41, 5.74) is 8.72. The summed E-state index contributed by atoms with van der Waals surface area (Å²) < 4.78 is 2.04. The number of benzene rings is 1. The van der Waals surface area contributed by atoms with Crippen LogP contribution in [0.1, 0.15) is 26.6 Å². The molecule has 0 saturated heterocycles. The van der Waals surface area contributed by atoms with Crippen molar-refractivity contribution in [1.29, 1.82) is 0 Å². The van der Waals surface area contributed by atoms with Gasteiger partial charge in [-0.05, 0) is 5.39 Å². The van der Waals surface area contributed by atoms with E-state index in [0.29, 0.717) is 5.82 Å². The van der Waals surface area contributed by atoms with Crippen molar-refractivity contribution in [2.75, 3.05) is 5.73 Å². The number of pyridine rings is 1. The maximum Gasteiger partial charge on any atom is 0.150 e. The largest absolute Gasteiger partial charge is 0.382 e. The van der Waals surface area contributed by atoms with Crippen LogP contribution in [-0.4, -0.2) is 19.4 Å². The Morgan fingerprint density at radius 2 is 1.88 bits per heavy atom. The molecule has 4 rings (SSSR count). The monoisotopic (exact) mass is 317 g/mol. The third kappa shape index (κ3) is 2.12. The molecule has 5 heteroatoms. The Morgan fingerprint density at radius 3 is 2.67 bits per heavy atom. The average molecular weight is 317 g/mol. The van der Waals surface area contributed by atoms with Crippen LogP contribution < -0.4 is 5.73 Å². The van der Waals surface area contributed by atoms with Gasteiger partial charge < -0.3 is 5.73 Å². The van der Waals surface area contributed by atoms with Gasteiger partial charge in [-0.2, -0.15) is 0 Å². The van der Waals surface area contributed by atoms with Crippen LogP contribution in [-0.2, 0) is 5.41 Å². The molecule has 1 aromatic carbocycles. The number of fused-ring (bicyclic) bond motifs is 2. The molecule has 0 aliphatic carbocycles. The van der Waals surface area contributed by atoms with Gasteiger partial charge >= 0.3 is 0 Å². The molecular weight excluding hydrogens is 298 g/mol. The normalized spacial score (nSPS) is 12.1. The number of nitrogens with two attached hydrogens (primary N) is 1. The molecule has 0 aliphatic heterocycles. The molecule has 0 saturated carbocycles. The zero-order valence-electron chi connectivity index (χ0n) is 14.0. The van der Waals surface area contributed by atoms with Crippen LogP contribution >= 0.6 is 0 Å². The van der Waals surface area contributed by atoms with Crippen molar-refractivity contribution in [3.8, 4) is 11.3 Å². The second-order valence-corrected chi connectivity index (χ2v) is 6.97. The minimum Gasteiger partial charge on any atom is -0.382 e. The molecular formula is C19H19N5. The SMILES string of the molecule is CC(C)(C)c1nc(-c2cncc3ccccc23)c2c(N)nccn12. The van der Waals surface area contributed by atoms with Crippen molar-refractivity contribution < 1.29 is 0 Å². The van der Waals surface area contributed by atoms with Crippen LogP contribution in [0.4, 0.5) is 5.82 Å². The lowest BCUT2D eigenvalue weighted by molar-refractivity contribution is 0.543. The lowest BCUT2D eigenvalue weighted by atomic mass is 9.96. The van der Waals surface area contributed by atoms with Crippen molar-refractivity contribution in [2.24, 2.45) is 0 Å². The van der Waals surface area contributed by atoms with Gasteiger partial charge in [-0.1, -0.05) is 45.0 Å². The summed E-state index contributed by atoms with van der Waals surface area (Å²) in [5.74, 6) is 1.43. The van der Waals surface area contributed by atoms with Gasteiger partial charge in [-0.25, -0.2) is 9.97 Å². The zero-order chi connectivity index (χ0) is 16.9. The van der Waals surface area contributed by atoms with Crippen molar-refractivity contribution in [2.45, 2.75) is 26.2 Å². The van der Waals surface area contributed by atoms with Gasteiger partial charge in [0.15, 0.2) is 0 Å². The van der Waals surface area contributed by atoms with E-state index in [0.717, 1.165) is 33.4 Å². The third-order valence-electron chi connectivity index (χ3n) is 4.18. The first-order valence-corrected chi connectivity index (χ1v) is 7.93. The third-order valence-corrected chi connectivity index (χ3v) is 4.18. The lowest BCUT2D eigenvalue weighted by Crippen LogP contribution is -2.16. The number of aromatic nitrogens is 4. The van der Waals surface area contributed by atoms with Crippen LogP contribution in [0.5, 0.6) is 0 Å². The first-order valence-electron chi connectivity index (χ1n) is 7.93. The Hall–Kier alpha value is -2.95. The predicted octanol–water partition coefficient (Wildman–Crippen LogP) is 3.82. The van der Waals surface area contributed by atoms with Gasteiger partial charge in [0.05, 0.1) is 0 Å². The van der Waals surface area contributed by atoms with E-state index >= 15 is 0 Å². The number of hydrogen-bond acceptors (Lipinski definition) is 4. The molecule has 3 heterocycles. The van der Waals surface area contributed by atoms with Crippen LogP contribution in [0, 0.1) is 0 Å². The highest BCUT2D eigenvalue weighted by atomic mass is 15.1. The topological polar surface area (TPSA) is 69.1 Å². The van der Waals surface area contributed by atoms with Crippen molar-refractivity contribution in [3.05, 3.63) is 54.9 Å². The Balaban J connectivity index is 2.14. The van der Waals surface area contributed by atoms with Crippen LogP contribution in [0.15, 0.2) is 49.1 Å². The Kier molecular flexibility index (Phi) is 3.06. The fraction of sp³-hybridized carbons (Fsp3) is 0.211. The second kappa shape index (κ2) is 5.03. The van der Waals surface area contributed by atoms with Gasteiger partial charge in [-0.3, -0.25) is 9.38 Å². The molecule has 24 heavy (non-hydrogen) atoms. The maximum atomic E-state index is 6.20. The second-order valence-electron chi connectivity index (χ2n) is 6.97. The molecule has 0 bridgehead atoms. The van der Waals surface area contributed by atoms with Crippen LogP contribution in [0.3, 0.4) is 0 Å². The molecule has 4 aromatic rings. The standard InChI is InChI=1S/C19H19N5/c1-19(2,3)18-23-15(16-17(20)22-8-9-24(16)18)14-11-21-10-12-6-4-5-7-13(12)14/h4-11H,1-3H3,(H2,20,22). The smallest absolute Gasteiger partial charge is 0.150 e. The van der Waals surface area contributed by atoms with E-state index in [9.17, 15) is 0 Å². The van der Waals surface area contributed by atoms with Gasteiger partial charge in [0, 0.05) is 41.2 Å². The molecule has 0 spiro atoms. The summed E-state index contributed by atoms with van der Waals surface area (Å²) in [6.07, 6.45) is 7.35. The number of rotatable bonds is 1. The van der Waals surface area contributed by atoms with Crippen molar-refractivity contribution in [3.63, 3.8) is 0 Å². The first-order chi connectivity index (χ1) is 11.5. The van der Waals surface area contributed by atoms with E-state index in [4.69, 9.17) is 10.7 Å². The van der Waals surface area contributed by atoms with Gasteiger partial charge in [0.2, 0.25) is 0 Å². The fourth-order valence-corrected chi connectivity index (χ4v) is 3.09. The highest BCUT2D eigenvalue weighted by Gasteiger charge is 2.25. The number of hydrogen-bond donors (Lipinski definition) is 1. The summed E-state index contributed by atoms with van der Waals surface area (Å²) in [6, 6.07) is 8.17. The lowest BCUT2D eigenvalue weighted by Gasteiger charge is -2.16. The Labute approximate surface area is 140 Å². The highest BCUT2D eigenvalue weighted by Crippen LogP contribution is 2.35. The summed E-state index contributed by atoms with van der Waals surface area (Å²) in [7, 11) is 0. The molecule has 0 aliphatic rings. The molecule has 0 atom stereocenters. The van der Waals surface area contributed by atoms with Crippen LogP contribution in [0.2, 0.25) is 0 Å². The van der Waals surface area contributed by atoms with E-state index in [-0.39, 0.29) is 5.41 Å². The van der Waals surface area contributed by atoms with E-state index in [1.54, 1.807) is 6.20 Å². The summed E-state index contributed by atoms with van der Waals surface area (Å²) >= 11 is 0. The van der Waals surface area contributed by atoms with E-state index in [1.165, 1.54) is 0 Å². The molecule has 5 nitrogen and oxygen atoms in total. The molecule has 120 valence electrons.